The van der Waals surface area contributed by atoms with Gasteiger partial charge in [-0.15, -0.1) is 0 Å². The van der Waals surface area contributed by atoms with Crippen molar-refractivity contribution in [3.8, 4) is 0 Å². The van der Waals surface area contributed by atoms with Gasteiger partial charge < -0.3 is 10.1 Å². The second kappa shape index (κ2) is 6.20. The molecule has 0 saturated heterocycles. The molecule has 18 heavy (non-hydrogen) atoms. The number of hydrogen-bond acceptors (Lipinski definition) is 4. The minimum atomic E-state index is -4.36. The molecule has 1 aromatic rings. The first-order chi connectivity index (χ1) is 8.40. The minimum absolute atomic E-state index is 0.0565. The Kier molecular flexibility index (Phi) is 4.90. The summed E-state index contributed by atoms with van der Waals surface area (Å²) in [5, 5.41) is 13.3. The number of anilines is 1. The summed E-state index contributed by atoms with van der Waals surface area (Å²) < 4.78 is 39.6. The molecule has 1 aromatic carbocycles. The molecule has 0 atom stereocenters. The fourth-order valence-electron chi connectivity index (χ4n) is 1.23. The van der Waals surface area contributed by atoms with Crippen molar-refractivity contribution in [2.75, 3.05) is 25.1 Å². The molecular weight excluding hydrogens is 253 g/mol. The summed E-state index contributed by atoms with van der Waals surface area (Å²) in [6.07, 6.45) is -4.36. The van der Waals surface area contributed by atoms with Crippen molar-refractivity contribution in [2.45, 2.75) is 6.18 Å². The summed E-state index contributed by atoms with van der Waals surface area (Å²) in [5.41, 5.74) is 0.117. The molecule has 0 amide bonds. The van der Waals surface area contributed by atoms with Crippen LogP contribution in [0.5, 0.6) is 0 Å². The van der Waals surface area contributed by atoms with Crippen molar-refractivity contribution in [1.29, 1.82) is 0 Å². The Balaban J connectivity index is 2.38. The highest BCUT2D eigenvalue weighted by Gasteiger charge is 2.27. The third kappa shape index (κ3) is 5.00. The smallest absolute Gasteiger partial charge is 0.377 e. The van der Waals surface area contributed by atoms with Crippen LogP contribution >= 0.6 is 0 Å². The number of nitrogens with one attached hydrogen (secondary N) is 1. The van der Waals surface area contributed by atoms with E-state index >= 15 is 0 Å². The van der Waals surface area contributed by atoms with Gasteiger partial charge in [-0.2, -0.15) is 13.2 Å². The van der Waals surface area contributed by atoms with E-state index in [1.54, 1.807) is 6.07 Å². The molecule has 100 valence electrons. The lowest BCUT2D eigenvalue weighted by atomic mass is 10.2. The highest BCUT2D eigenvalue weighted by Crippen LogP contribution is 2.22. The van der Waals surface area contributed by atoms with Gasteiger partial charge in [0.05, 0.1) is 11.5 Å². The van der Waals surface area contributed by atoms with E-state index in [0.717, 1.165) is 0 Å². The van der Waals surface area contributed by atoms with Gasteiger partial charge in [0, 0.05) is 12.6 Å². The van der Waals surface area contributed by atoms with Crippen LogP contribution in [0.1, 0.15) is 0 Å². The normalized spacial score (nSPS) is 11.3. The van der Waals surface area contributed by atoms with E-state index in [-0.39, 0.29) is 24.5 Å². The van der Waals surface area contributed by atoms with Crippen molar-refractivity contribution >= 4 is 11.4 Å². The molecule has 0 fully saturated rings. The molecule has 0 saturated carbocycles. The predicted octanol–water partition coefficient (Wildman–Crippen LogP) is 2.59. The first-order valence-electron chi connectivity index (χ1n) is 5.02. The first kappa shape index (κ1) is 14.2. The fourth-order valence-corrected chi connectivity index (χ4v) is 1.23. The summed E-state index contributed by atoms with van der Waals surface area (Å²) in [6, 6.07) is 5.87. The van der Waals surface area contributed by atoms with Crippen LogP contribution in [0.25, 0.3) is 0 Å². The first-order valence-corrected chi connectivity index (χ1v) is 5.02. The number of nitro benzene ring substituents is 1. The van der Waals surface area contributed by atoms with Crippen LogP contribution in [0.4, 0.5) is 24.5 Å². The number of ether oxygens (including phenoxy) is 1. The van der Waals surface area contributed by atoms with Gasteiger partial charge in [-0.25, -0.2) is 0 Å². The van der Waals surface area contributed by atoms with Crippen LogP contribution in [0.3, 0.4) is 0 Å². The lowest BCUT2D eigenvalue weighted by Crippen LogP contribution is -2.20. The van der Waals surface area contributed by atoms with E-state index in [0.29, 0.717) is 0 Å². The Labute approximate surface area is 101 Å². The lowest BCUT2D eigenvalue weighted by molar-refractivity contribution is -0.384. The van der Waals surface area contributed by atoms with Crippen molar-refractivity contribution < 1.29 is 22.8 Å². The van der Waals surface area contributed by atoms with Crippen LogP contribution in [-0.2, 0) is 4.74 Å². The van der Waals surface area contributed by atoms with Crippen LogP contribution in [0.15, 0.2) is 24.3 Å². The molecule has 0 aliphatic heterocycles. The third-order valence-corrected chi connectivity index (χ3v) is 1.93. The molecule has 0 aliphatic carbocycles. The van der Waals surface area contributed by atoms with Crippen molar-refractivity contribution in [3.05, 3.63) is 34.4 Å². The Morgan fingerprint density at radius 1 is 1.33 bits per heavy atom. The molecular formula is C10H11F3N2O3. The third-order valence-electron chi connectivity index (χ3n) is 1.93. The number of nitro groups is 1. The zero-order valence-corrected chi connectivity index (χ0v) is 9.24. The van der Waals surface area contributed by atoms with Gasteiger partial charge in [0.25, 0.3) is 5.69 Å². The Morgan fingerprint density at radius 3 is 2.61 bits per heavy atom. The zero-order chi connectivity index (χ0) is 13.6. The summed E-state index contributed by atoms with van der Waals surface area (Å²) >= 11 is 0. The van der Waals surface area contributed by atoms with Crippen LogP contribution < -0.4 is 5.32 Å². The van der Waals surface area contributed by atoms with Gasteiger partial charge in [0.2, 0.25) is 0 Å². The average molecular weight is 264 g/mol. The number of halogens is 3. The van der Waals surface area contributed by atoms with Crippen LogP contribution in [0.2, 0.25) is 0 Å². The highest BCUT2D eigenvalue weighted by atomic mass is 19.4. The predicted molar refractivity (Wildman–Crippen MR) is 58.5 cm³/mol. The van der Waals surface area contributed by atoms with E-state index in [2.05, 4.69) is 10.1 Å². The van der Waals surface area contributed by atoms with Crippen LogP contribution in [-0.4, -0.2) is 30.9 Å². The molecule has 1 N–H and O–H groups in total. The SMILES string of the molecule is O=[N+]([O-])c1ccccc1NCCOCC(F)(F)F. The summed E-state index contributed by atoms with van der Waals surface area (Å²) in [4.78, 5) is 10.1. The Bertz CT molecular complexity index is 410. The molecule has 0 aliphatic rings. The molecule has 1 rings (SSSR count). The van der Waals surface area contributed by atoms with Crippen molar-refractivity contribution in [1.82, 2.24) is 0 Å². The number of rotatable bonds is 6. The largest absolute Gasteiger partial charge is 0.411 e. The second-order valence-electron chi connectivity index (χ2n) is 3.37. The summed E-state index contributed by atoms with van der Waals surface area (Å²) in [5.74, 6) is 0. The van der Waals surface area contributed by atoms with Gasteiger partial charge >= 0.3 is 6.18 Å². The highest BCUT2D eigenvalue weighted by molar-refractivity contribution is 5.60. The quantitative estimate of drug-likeness (QED) is 0.487. The van der Waals surface area contributed by atoms with E-state index < -0.39 is 17.7 Å². The molecule has 0 aromatic heterocycles. The Hall–Kier alpha value is -1.83. The van der Waals surface area contributed by atoms with Crippen molar-refractivity contribution in [2.24, 2.45) is 0 Å². The van der Waals surface area contributed by atoms with Gasteiger partial charge in [-0.05, 0) is 6.07 Å². The molecule has 0 spiro atoms. The standard InChI is InChI=1S/C10H11F3N2O3/c11-10(12,13)7-18-6-5-14-8-3-1-2-4-9(8)15(16)17/h1-4,14H,5-7H2. The fraction of sp³-hybridized carbons (Fsp3) is 0.400. The maximum Gasteiger partial charge on any atom is 0.411 e. The number of benzene rings is 1. The van der Waals surface area contributed by atoms with Gasteiger partial charge in [0.15, 0.2) is 0 Å². The van der Waals surface area contributed by atoms with E-state index in [9.17, 15) is 23.3 Å². The van der Waals surface area contributed by atoms with E-state index in [1.807, 2.05) is 0 Å². The van der Waals surface area contributed by atoms with Gasteiger partial charge in [-0.1, -0.05) is 12.1 Å². The maximum absolute atomic E-state index is 11.7. The monoisotopic (exact) mass is 264 g/mol. The number of para-hydroxylation sites is 2. The molecule has 0 unspecified atom stereocenters. The van der Waals surface area contributed by atoms with E-state index in [4.69, 9.17) is 0 Å². The molecule has 0 heterocycles. The topological polar surface area (TPSA) is 64.4 Å². The maximum atomic E-state index is 11.7. The second-order valence-corrected chi connectivity index (χ2v) is 3.37. The van der Waals surface area contributed by atoms with Gasteiger partial charge in [-0.3, -0.25) is 10.1 Å². The zero-order valence-electron chi connectivity index (χ0n) is 9.24. The molecule has 0 radical (unpaired) electrons. The summed E-state index contributed by atoms with van der Waals surface area (Å²) in [7, 11) is 0. The summed E-state index contributed by atoms with van der Waals surface area (Å²) in [6.45, 7) is -1.46. The average Bonchev–Trinajstić information content (AvgIpc) is 2.27. The lowest BCUT2D eigenvalue weighted by Gasteiger charge is -2.09. The number of hydrogen-bond donors (Lipinski definition) is 1. The number of alkyl halides is 3. The van der Waals surface area contributed by atoms with Crippen molar-refractivity contribution in [3.63, 3.8) is 0 Å². The van der Waals surface area contributed by atoms with Crippen LogP contribution in [0, 0.1) is 10.1 Å². The molecule has 5 nitrogen and oxygen atoms in total. The van der Waals surface area contributed by atoms with E-state index in [1.165, 1.54) is 18.2 Å². The molecule has 8 heteroatoms. The van der Waals surface area contributed by atoms with Gasteiger partial charge in [0.1, 0.15) is 12.3 Å². The number of nitrogens with zero attached hydrogens (tertiary/aromatic N) is 1. The minimum Gasteiger partial charge on any atom is -0.377 e. The Morgan fingerprint density at radius 2 is 2.00 bits per heavy atom. The molecule has 0 bridgehead atoms.